The number of esters is 3. The molecule has 320 valence electrons. The minimum atomic E-state index is -0.762. The first kappa shape index (κ1) is 52.4. The van der Waals surface area contributed by atoms with Crippen molar-refractivity contribution < 1.29 is 28.6 Å². The molecule has 0 aromatic rings. The van der Waals surface area contributed by atoms with Crippen molar-refractivity contribution >= 4 is 17.9 Å². The molecule has 0 aliphatic heterocycles. The summed E-state index contributed by atoms with van der Waals surface area (Å²) in [6.45, 7) is 13.6. The van der Waals surface area contributed by atoms with Crippen LogP contribution in [-0.2, 0) is 28.6 Å². The second-order valence-electron chi connectivity index (χ2n) is 17.6. The topological polar surface area (TPSA) is 78.9 Å². The molecule has 0 fully saturated rings. The molecule has 0 aromatic heterocycles. The van der Waals surface area contributed by atoms with Crippen LogP contribution in [0.2, 0.25) is 0 Å². The van der Waals surface area contributed by atoms with E-state index < -0.39 is 6.10 Å². The Bertz CT molecular complexity index is 839. The molecule has 0 aliphatic rings. The van der Waals surface area contributed by atoms with E-state index in [-0.39, 0.29) is 31.1 Å². The number of ether oxygens (including phenoxy) is 3. The summed E-state index contributed by atoms with van der Waals surface area (Å²) in [5, 5.41) is 0. The van der Waals surface area contributed by atoms with Crippen LogP contribution in [0.4, 0.5) is 0 Å². The van der Waals surface area contributed by atoms with E-state index >= 15 is 0 Å². The highest BCUT2D eigenvalue weighted by Crippen LogP contribution is 2.17. The SMILES string of the molecule is CCC(C)CCCCCCCCCCC(=O)OC[C@@H](COC(=O)CCCCCCCCCCCCCC(C)C)OC(=O)CCCCCCCCCC(C)C. The maximum absolute atomic E-state index is 12.7. The second kappa shape index (κ2) is 39.6. The Morgan fingerprint density at radius 1 is 0.370 bits per heavy atom. The molecule has 54 heavy (non-hydrogen) atoms. The molecule has 0 rings (SSSR count). The molecule has 6 heteroatoms. The maximum Gasteiger partial charge on any atom is 0.306 e. The summed E-state index contributed by atoms with van der Waals surface area (Å²) in [4.78, 5) is 37.7. The van der Waals surface area contributed by atoms with Gasteiger partial charge in [0.25, 0.3) is 0 Å². The Kier molecular flexibility index (Phi) is 38.5. The Morgan fingerprint density at radius 2 is 0.648 bits per heavy atom. The summed E-state index contributed by atoms with van der Waals surface area (Å²) in [5.41, 5.74) is 0. The number of unbranched alkanes of at least 4 members (excludes halogenated alkanes) is 23. The monoisotopic (exact) mass is 765 g/mol. The van der Waals surface area contributed by atoms with Crippen molar-refractivity contribution in [3.05, 3.63) is 0 Å². The fraction of sp³-hybridized carbons (Fsp3) is 0.938. The summed E-state index contributed by atoms with van der Waals surface area (Å²) in [7, 11) is 0. The van der Waals surface area contributed by atoms with Crippen molar-refractivity contribution in [1.29, 1.82) is 0 Å². The van der Waals surface area contributed by atoms with E-state index in [2.05, 4.69) is 41.5 Å². The predicted octanol–water partition coefficient (Wildman–Crippen LogP) is 14.8. The van der Waals surface area contributed by atoms with Gasteiger partial charge in [0.05, 0.1) is 0 Å². The smallest absolute Gasteiger partial charge is 0.306 e. The fourth-order valence-electron chi connectivity index (χ4n) is 7.02. The van der Waals surface area contributed by atoms with Gasteiger partial charge in [-0.25, -0.2) is 0 Å². The summed E-state index contributed by atoms with van der Waals surface area (Å²) in [6.07, 6.45) is 36.6. The molecule has 0 amide bonds. The number of carbonyl (C=O) groups excluding carboxylic acids is 3. The van der Waals surface area contributed by atoms with Gasteiger partial charge in [-0.1, -0.05) is 215 Å². The van der Waals surface area contributed by atoms with Crippen molar-refractivity contribution in [2.24, 2.45) is 17.8 Å². The van der Waals surface area contributed by atoms with Crippen LogP contribution in [0.3, 0.4) is 0 Å². The van der Waals surface area contributed by atoms with Gasteiger partial charge in [0.1, 0.15) is 13.2 Å². The van der Waals surface area contributed by atoms with Crippen molar-refractivity contribution in [2.75, 3.05) is 13.2 Å². The van der Waals surface area contributed by atoms with E-state index in [9.17, 15) is 14.4 Å². The van der Waals surface area contributed by atoms with Gasteiger partial charge in [0.2, 0.25) is 0 Å². The quantitative estimate of drug-likeness (QED) is 0.0350. The third-order valence-corrected chi connectivity index (χ3v) is 11.0. The van der Waals surface area contributed by atoms with E-state index in [0.29, 0.717) is 19.3 Å². The van der Waals surface area contributed by atoms with E-state index in [0.717, 1.165) is 75.5 Å². The van der Waals surface area contributed by atoms with E-state index in [1.165, 1.54) is 135 Å². The zero-order valence-electron chi connectivity index (χ0n) is 37.0. The van der Waals surface area contributed by atoms with Crippen molar-refractivity contribution in [1.82, 2.24) is 0 Å². The number of carbonyl (C=O) groups is 3. The van der Waals surface area contributed by atoms with Crippen LogP contribution < -0.4 is 0 Å². The molecule has 6 nitrogen and oxygen atoms in total. The van der Waals surface area contributed by atoms with E-state index in [1.807, 2.05) is 0 Å². The molecule has 0 saturated carbocycles. The van der Waals surface area contributed by atoms with Crippen LogP contribution in [0.15, 0.2) is 0 Å². The molecule has 0 aromatic carbocycles. The van der Waals surface area contributed by atoms with Crippen LogP contribution >= 0.6 is 0 Å². The average Bonchev–Trinajstić information content (AvgIpc) is 3.14. The number of rotatable bonds is 41. The molecule has 0 aliphatic carbocycles. The number of hydrogen-bond acceptors (Lipinski definition) is 6. The molecular weight excluding hydrogens is 673 g/mol. The highest BCUT2D eigenvalue weighted by Gasteiger charge is 2.19. The summed E-state index contributed by atoms with van der Waals surface area (Å²) >= 11 is 0. The van der Waals surface area contributed by atoms with Crippen molar-refractivity contribution in [3.63, 3.8) is 0 Å². The highest BCUT2D eigenvalue weighted by atomic mass is 16.6. The minimum absolute atomic E-state index is 0.0664. The van der Waals surface area contributed by atoms with Gasteiger partial charge >= 0.3 is 17.9 Å². The molecule has 0 N–H and O–H groups in total. The minimum Gasteiger partial charge on any atom is -0.462 e. The van der Waals surface area contributed by atoms with Crippen molar-refractivity contribution in [3.8, 4) is 0 Å². The highest BCUT2D eigenvalue weighted by molar-refractivity contribution is 5.71. The number of hydrogen-bond donors (Lipinski definition) is 0. The third kappa shape index (κ3) is 40.1. The molecule has 0 spiro atoms. The Balaban J connectivity index is 4.33. The zero-order valence-corrected chi connectivity index (χ0v) is 37.0. The Hall–Kier alpha value is -1.59. The lowest BCUT2D eigenvalue weighted by molar-refractivity contribution is -0.167. The maximum atomic E-state index is 12.7. The molecule has 1 unspecified atom stereocenters. The Labute approximate surface area is 336 Å². The van der Waals surface area contributed by atoms with E-state index in [1.54, 1.807) is 0 Å². The molecule has 2 atom stereocenters. The van der Waals surface area contributed by atoms with Gasteiger partial charge < -0.3 is 14.2 Å². The van der Waals surface area contributed by atoms with E-state index in [4.69, 9.17) is 14.2 Å². The second-order valence-corrected chi connectivity index (χ2v) is 17.6. The van der Waals surface area contributed by atoms with Gasteiger partial charge in [-0.15, -0.1) is 0 Å². The lowest BCUT2D eigenvalue weighted by atomic mass is 9.99. The first-order valence-electron chi connectivity index (χ1n) is 23.6. The molecule has 0 bridgehead atoms. The normalized spacial score (nSPS) is 12.7. The van der Waals surface area contributed by atoms with Crippen LogP contribution in [0, 0.1) is 17.8 Å². The van der Waals surface area contributed by atoms with Gasteiger partial charge in [0, 0.05) is 19.3 Å². The molecular formula is C48H92O6. The average molecular weight is 765 g/mol. The summed E-state index contributed by atoms with van der Waals surface area (Å²) in [5.74, 6) is 1.59. The van der Waals surface area contributed by atoms with Crippen molar-refractivity contribution in [2.45, 2.75) is 260 Å². The first-order chi connectivity index (χ1) is 26.1. The fourth-order valence-corrected chi connectivity index (χ4v) is 7.02. The van der Waals surface area contributed by atoms with Gasteiger partial charge in [-0.2, -0.15) is 0 Å². The largest absolute Gasteiger partial charge is 0.462 e. The lowest BCUT2D eigenvalue weighted by Gasteiger charge is -2.18. The zero-order chi connectivity index (χ0) is 39.9. The summed E-state index contributed by atoms with van der Waals surface area (Å²) in [6, 6.07) is 0. The third-order valence-electron chi connectivity index (χ3n) is 11.0. The van der Waals surface area contributed by atoms with Crippen LogP contribution in [-0.4, -0.2) is 37.2 Å². The van der Waals surface area contributed by atoms with Crippen LogP contribution in [0.5, 0.6) is 0 Å². The van der Waals surface area contributed by atoms with Crippen LogP contribution in [0.1, 0.15) is 253 Å². The van der Waals surface area contributed by atoms with Gasteiger partial charge in [-0.3, -0.25) is 14.4 Å². The molecule has 0 heterocycles. The van der Waals surface area contributed by atoms with Gasteiger partial charge in [-0.05, 0) is 37.0 Å². The van der Waals surface area contributed by atoms with Gasteiger partial charge in [0.15, 0.2) is 6.10 Å². The standard InChI is InChI=1S/C48H92O6/c1-7-44(6)36-30-24-18-13-14-20-26-32-38-47(50)53-41-45(54-48(51)39-33-27-21-15-17-23-29-35-43(4)5)40-52-46(49)37-31-25-19-12-10-8-9-11-16-22-28-34-42(2)3/h42-45H,7-41H2,1-6H3/t44?,45-/m1/s1. The van der Waals surface area contributed by atoms with Crippen LogP contribution in [0.25, 0.3) is 0 Å². The molecule has 0 saturated heterocycles. The lowest BCUT2D eigenvalue weighted by Crippen LogP contribution is -2.30. The molecule has 0 radical (unpaired) electrons. The first-order valence-corrected chi connectivity index (χ1v) is 23.6. The Morgan fingerprint density at radius 3 is 0.963 bits per heavy atom. The summed E-state index contributed by atoms with van der Waals surface area (Å²) < 4.78 is 16.7. The predicted molar refractivity (Wildman–Crippen MR) is 229 cm³/mol.